The summed E-state index contributed by atoms with van der Waals surface area (Å²) in [5, 5.41) is 8.93. The number of nitrogens with zero attached hydrogens (tertiary/aromatic N) is 4. The maximum atomic E-state index is 13.3. The Bertz CT molecular complexity index is 1090. The quantitative estimate of drug-likeness (QED) is 0.534. The van der Waals surface area contributed by atoms with Crippen LogP contribution in [0.3, 0.4) is 0 Å². The first-order chi connectivity index (χ1) is 15.1. The molecule has 0 N–H and O–H groups in total. The average molecular weight is 457 g/mol. The number of methoxy groups -OCH3 is 1. The molecule has 1 saturated heterocycles. The third-order valence-electron chi connectivity index (χ3n) is 5.08. The summed E-state index contributed by atoms with van der Waals surface area (Å²) in [6, 6.07) is 14.1. The number of imide groups is 1. The van der Waals surface area contributed by atoms with Gasteiger partial charge in [0.25, 0.3) is 5.91 Å². The maximum Gasteiger partial charge on any atom is 0.260 e. The first kappa shape index (κ1) is 21.4. The number of hydrogen-bond acceptors (Lipinski definition) is 6. The van der Waals surface area contributed by atoms with E-state index < -0.39 is 5.25 Å². The minimum Gasteiger partial charge on any atom is -0.495 e. The van der Waals surface area contributed by atoms with Crippen LogP contribution in [0.2, 0.25) is 5.02 Å². The van der Waals surface area contributed by atoms with Crippen molar-refractivity contribution in [3.63, 3.8) is 0 Å². The van der Waals surface area contributed by atoms with Gasteiger partial charge in [0.1, 0.15) is 12.1 Å². The van der Waals surface area contributed by atoms with Crippen LogP contribution in [0, 0.1) is 0 Å². The van der Waals surface area contributed by atoms with Crippen molar-refractivity contribution in [2.24, 2.45) is 0 Å². The van der Waals surface area contributed by atoms with E-state index in [2.05, 4.69) is 10.2 Å². The fourth-order valence-electron chi connectivity index (χ4n) is 3.49. The predicted molar refractivity (Wildman–Crippen MR) is 119 cm³/mol. The smallest absolute Gasteiger partial charge is 0.260 e. The lowest BCUT2D eigenvalue weighted by Gasteiger charge is -2.22. The number of carbonyl (C=O) groups excluding carboxylic acids is 2. The van der Waals surface area contributed by atoms with Gasteiger partial charge >= 0.3 is 0 Å². The summed E-state index contributed by atoms with van der Waals surface area (Å²) in [7, 11) is 1.60. The number of aromatic nitrogens is 3. The average Bonchev–Trinajstić information content (AvgIpc) is 3.17. The third kappa shape index (κ3) is 4.60. The van der Waals surface area contributed by atoms with Crippen LogP contribution in [0.1, 0.15) is 29.6 Å². The topological polar surface area (TPSA) is 77.3 Å². The minimum absolute atomic E-state index is 0.211. The standard InChI is InChI=1S/C22H21ClN4O3S/c1-30-18-7-3-2-6-17(18)27-14-24-25-22(27)31-19-8-4-5-13-26(21(19)29)20(28)15-9-11-16(23)12-10-15/h2-3,6-7,9-12,14,19H,4-5,8,13H2,1H3. The highest BCUT2D eigenvalue weighted by molar-refractivity contribution is 8.00. The molecule has 0 saturated carbocycles. The van der Waals surface area contributed by atoms with Crippen LogP contribution in [0.25, 0.3) is 5.69 Å². The van der Waals surface area contributed by atoms with E-state index in [0.717, 1.165) is 18.5 Å². The van der Waals surface area contributed by atoms with Crippen molar-refractivity contribution >= 4 is 35.2 Å². The number of carbonyl (C=O) groups is 2. The molecule has 3 aromatic rings. The number of rotatable bonds is 5. The van der Waals surface area contributed by atoms with E-state index in [0.29, 0.717) is 34.5 Å². The monoisotopic (exact) mass is 456 g/mol. The molecule has 4 rings (SSSR count). The predicted octanol–water partition coefficient (Wildman–Crippen LogP) is 4.24. The maximum absolute atomic E-state index is 13.3. The van der Waals surface area contributed by atoms with Crippen LogP contribution >= 0.6 is 23.4 Å². The van der Waals surface area contributed by atoms with Gasteiger partial charge in [-0.15, -0.1) is 10.2 Å². The molecule has 1 unspecified atom stereocenters. The summed E-state index contributed by atoms with van der Waals surface area (Å²) in [5.41, 5.74) is 1.23. The van der Waals surface area contributed by atoms with Gasteiger partial charge in [-0.25, -0.2) is 0 Å². The number of halogens is 1. The highest BCUT2D eigenvalue weighted by atomic mass is 35.5. The molecule has 1 fully saturated rings. The second kappa shape index (κ2) is 9.53. The summed E-state index contributed by atoms with van der Waals surface area (Å²) in [6.45, 7) is 0.399. The van der Waals surface area contributed by atoms with E-state index in [4.69, 9.17) is 16.3 Å². The second-order valence-corrected chi connectivity index (χ2v) is 8.67. The number of amides is 2. The Labute approximate surface area is 189 Å². The van der Waals surface area contributed by atoms with E-state index in [1.54, 1.807) is 42.3 Å². The minimum atomic E-state index is -0.434. The van der Waals surface area contributed by atoms with Crippen molar-refractivity contribution in [1.29, 1.82) is 0 Å². The fraction of sp³-hybridized carbons (Fsp3) is 0.273. The fourth-order valence-corrected chi connectivity index (χ4v) is 4.74. The van der Waals surface area contributed by atoms with Gasteiger partial charge in [-0.3, -0.25) is 19.1 Å². The van der Waals surface area contributed by atoms with Crippen molar-refractivity contribution in [2.45, 2.75) is 29.7 Å². The molecule has 9 heteroatoms. The molecule has 0 bridgehead atoms. The summed E-state index contributed by atoms with van der Waals surface area (Å²) in [6.07, 6.45) is 3.86. The molecular weight excluding hydrogens is 436 g/mol. The highest BCUT2D eigenvalue weighted by Crippen LogP contribution is 2.32. The first-order valence-corrected chi connectivity index (χ1v) is 11.2. The molecular formula is C22H21ClN4O3S. The molecule has 0 radical (unpaired) electrons. The largest absolute Gasteiger partial charge is 0.495 e. The molecule has 160 valence electrons. The SMILES string of the molecule is COc1ccccc1-n1cnnc1SC1CCCCN(C(=O)c2ccc(Cl)cc2)C1=O. The zero-order chi connectivity index (χ0) is 21.8. The molecule has 2 amide bonds. The highest BCUT2D eigenvalue weighted by Gasteiger charge is 2.33. The number of hydrogen-bond donors (Lipinski definition) is 0. The van der Waals surface area contributed by atoms with Gasteiger partial charge in [0.15, 0.2) is 5.16 Å². The van der Waals surface area contributed by atoms with Crippen molar-refractivity contribution in [3.05, 3.63) is 65.4 Å². The van der Waals surface area contributed by atoms with E-state index in [-0.39, 0.29) is 11.8 Å². The lowest BCUT2D eigenvalue weighted by Crippen LogP contribution is -2.41. The van der Waals surface area contributed by atoms with Gasteiger partial charge in [0.05, 0.1) is 18.0 Å². The van der Waals surface area contributed by atoms with Crippen molar-refractivity contribution in [1.82, 2.24) is 19.7 Å². The molecule has 1 aliphatic rings. The van der Waals surface area contributed by atoms with E-state index in [1.165, 1.54) is 16.7 Å². The Balaban J connectivity index is 1.58. The van der Waals surface area contributed by atoms with Crippen LogP contribution in [0.5, 0.6) is 5.75 Å². The summed E-state index contributed by atoms with van der Waals surface area (Å²) in [4.78, 5) is 27.6. The number of ether oxygens (including phenoxy) is 1. The molecule has 0 aliphatic carbocycles. The van der Waals surface area contributed by atoms with Crippen molar-refractivity contribution in [3.8, 4) is 11.4 Å². The van der Waals surface area contributed by atoms with Gasteiger partial charge in [-0.2, -0.15) is 0 Å². The Kier molecular flexibility index (Phi) is 6.58. The number of para-hydroxylation sites is 2. The lowest BCUT2D eigenvalue weighted by molar-refractivity contribution is -0.127. The molecule has 31 heavy (non-hydrogen) atoms. The van der Waals surface area contributed by atoms with Gasteiger partial charge in [-0.1, -0.05) is 41.9 Å². The Morgan fingerprint density at radius 2 is 1.94 bits per heavy atom. The summed E-state index contributed by atoms with van der Waals surface area (Å²) >= 11 is 7.25. The van der Waals surface area contributed by atoms with Crippen LogP contribution in [-0.2, 0) is 4.79 Å². The molecule has 2 heterocycles. The molecule has 1 atom stereocenters. The van der Waals surface area contributed by atoms with Crippen molar-refractivity contribution < 1.29 is 14.3 Å². The zero-order valence-corrected chi connectivity index (χ0v) is 18.5. The van der Waals surface area contributed by atoms with Crippen LogP contribution in [0.4, 0.5) is 0 Å². The van der Waals surface area contributed by atoms with Gasteiger partial charge in [0.2, 0.25) is 5.91 Å². The first-order valence-electron chi connectivity index (χ1n) is 9.90. The molecule has 2 aromatic carbocycles. The Morgan fingerprint density at radius 1 is 1.16 bits per heavy atom. The zero-order valence-electron chi connectivity index (χ0n) is 16.9. The van der Waals surface area contributed by atoms with Gasteiger partial charge < -0.3 is 4.74 Å². The summed E-state index contributed by atoms with van der Waals surface area (Å²) < 4.78 is 7.24. The van der Waals surface area contributed by atoms with Crippen LogP contribution in [-0.4, -0.2) is 50.4 Å². The normalized spacial score (nSPS) is 16.8. The Hall–Kier alpha value is -2.84. The number of benzene rings is 2. The van der Waals surface area contributed by atoms with Gasteiger partial charge in [-0.05, 0) is 49.2 Å². The molecule has 0 spiro atoms. The number of likely N-dealkylation sites (tertiary alicyclic amines) is 1. The van der Waals surface area contributed by atoms with E-state index in [9.17, 15) is 9.59 Å². The van der Waals surface area contributed by atoms with Crippen molar-refractivity contribution in [2.75, 3.05) is 13.7 Å². The Morgan fingerprint density at radius 3 is 2.71 bits per heavy atom. The summed E-state index contributed by atoms with van der Waals surface area (Å²) in [5.74, 6) is 0.160. The number of thioether (sulfide) groups is 1. The van der Waals surface area contributed by atoms with E-state index in [1.807, 2.05) is 24.3 Å². The van der Waals surface area contributed by atoms with E-state index >= 15 is 0 Å². The second-order valence-electron chi connectivity index (χ2n) is 7.06. The third-order valence-corrected chi connectivity index (χ3v) is 6.55. The molecule has 7 nitrogen and oxygen atoms in total. The van der Waals surface area contributed by atoms with Gasteiger partial charge in [0, 0.05) is 17.1 Å². The molecule has 1 aromatic heterocycles. The van der Waals surface area contributed by atoms with Crippen LogP contribution in [0.15, 0.2) is 60.0 Å². The van der Waals surface area contributed by atoms with Crippen LogP contribution < -0.4 is 4.74 Å². The molecule has 1 aliphatic heterocycles. The lowest BCUT2D eigenvalue weighted by atomic mass is 10.2.